The van der Waals surface area contributed by atoms with Crippen molar-refractivity contribution in [3.63, 3.8) is 0 Å². The lowest BCUT2D eigenvalue weighted by Gasteiger charge is -2.21. The van der Waals surface area contributed by atoms with Crippen molar-refractivity contribution in [2.75, 3.05) is 39.7 Å². The smallest absolute Gasteiger partial charge is 0.233 e. The van der Waals surface area contributed by atoms with Crippen molar-refractivity contribution >= 4 is 17.6 Å². The molecule has 158 valence electrons. The Labute approximate surface area is 176 Å². The Balaban J connectivity index is 1.51. The number of methoxy groups -OCH3 is 3. The Kier molecular flexibility index (Phi) is 5.79. The first-order valence-electron chi connectivity index (χ1n) is 10.2. The summed E-state index contributed by atoms with van der Waals surface area (Å²) in [5.74, 6) is 2.17. The third kappa shape index (κ3) is 3.79. The molecular formula is C23H27N3O4. The second-order valence-electron chi connectivity index (χ2n) is 7.38. The summed E-state index contributed by atoms with van der Waals surface area (Å²) in [7, 11) is 4.69. The van der Waals surface area contributed by atoms with Gasteiger partial charge in [0.1, 0.15) is 0 Å². The van der Waals surface area contributed by atoms with Crippen molar-refractivity contribution in [1.29, 1.82) is 0 Å². The molecule has 1 aliphatic heterocycles. The predicted molar refractivity (Wildman–Crippen MR) is 116 cm³/mol. The number of carbonyl (C=O) groups is 1. The number of guanidine groups is 1. The van der Waals surface area contributed by atoms with Crippen LogP contribution in [0.3, 0.4) is 0 Å². The predicted octanol–water partition coefficient (Wildman–Crippen LogP) is 3.05. The summed E-state index contributed by atoms with van der Waals surface area (Å²) in [4.78, 5) is 19.4. The number of rotatable bonds is 6. The zero-order chi connectivity index (χ0) is 21.1. The molecule has 0 spiro atoms. The van der Waals surface area contributed by atoms with Crippen LogP contribution in [0, 0.1) is 0 Å². The SMILES string of the molecule is COc1cc(CC(=O)N2CCN=C2Nc2cccc3c2CCC3)cc(OC)c1OC. The Morgan fingerprint density at radius 3 is 2.57 bits per heavy atom. The standard InChI is InChI=1S/C23H27N3O4/c1-28-19-12-15(13-20(29-2)22(19)30-3)14-21(27)26-11-10-24-23(26)25-18-9-5-7-16-6-4-8-17(16)18/h5,7,9,12-13H,4,6,8,10-11,14H2,1-3H3,(H,24,25). The Morgan fingerprint density at radius 2 is 1.87 bits per heavy atom. The van der Waals surface area contributed by atoms with Gasteiger partial charge in [0.15, 0.2) is 11.5 Å². The van der Waals surface area contributed by atoms with Gasteiger partial charge in [0, 0.05) is 12.2 Å². The summed E-state index contributed by atoms with van der Waals surface area (Å²) < 4.78 is 16.2. The van der Waals surface area contributed by atoms with E-state index in [9.17, 15) is 4.79 Å². The van der Waals surface area contributed by atoms with Crippen LogP contribution in [0.5, 0.6) is 17.2 Å². The third-order valence-corrected chi connectivity index (χ3v) is 5.61. The van der Waals surface area contributed by atoms with E-state index in [-0.39, 0.29) is 12.3 Å². The van der Waals surface area contributed by atoms with Gasteiger partial charge >= 0.3 is 0 Å². The molecule has 2 aromatic rings. The van der Waals surface area contributed by atoms with Gasteiger partial charge in [-0.05, 0) is 54.2 Å². The lowest BCUT2D eigenvalue weighted by molar-refractivity contribution is -0.126. The molecule has 2 aromatic carbocycles. The molecule has 0 radical (unpaired) electrons. The van der Waals surface area contributed by atoms with Crippen LogP contribution in [0.2, 0.25) is 0 Å². The van der Waals surface area contributed by atoms with Gasteiger partial charge in [0.25, 0.3) is 0 Å². The highest BCUT2D eigenvalue weighted by molar-refractivity contribution is 6.06. The van der Waals surface area contributed by atoms with Gasteiger partial charge in [0.05, 0.1) is 34.3 Å². The maximum Gasteiger partial charge on any atom is 0.233 e. The second-order valence-corrected chi connectivity index (χ2v) is 7.38. The molecule has 1 amide bonds. The Bertz CT molecular complexity index is 961. The number of hydrogen-bond acceptors (Lipinski definition) is 6. The van der Waals surface area contributed by atoms with E-state index >= 15 is 0 Å². The molecule has 0 fully saturated rings. The molecule has 30 heavy (non-hydrogen) atoms. The quantitative estimate of drug-likeness (QED) is 0.794. The monoisotopic (exact) mass is 409 g/mol. The van der Waals surface area contributed by atoms with Gasteiger partial charge in [0.2, 0.25) is 17.6 Å². The highest BCUT2D eigenvalue weighted by Crippen LogP contribution is 2.38. The first-order chi connectivity index (χ1) is 14.6. The number of amides is 1. The lowest BCUT2D eigenvalue weighted by atomic mass is 10.1. The molecule has 0 bridgehead atoms. The van der Waals surface area contributed by atoms with Crippen molar-refractivity contribution in [2.24, 2.45) is 4.99 Å². The number of aryl methyl sites for hydroxylation is 1. The average Bonchev–Trinajstić information content (AvgIpc) is 3.43. The van der Waals surface area contributed by atoms with Gasteiger partial charge in [-0.25, -0.2) is 0 Å². The fraction of sp³-hybridized carbons (Fsp3) is 0.391. The molecular weight excluding hydrogens is 382 g/mol. The normalized spacial score (nSPS) is 14.9. The molecule has 0 atom stereocenters. The van der Waals surface area contributed by atoms with Crippen LogP contribution >= 0.6 is 0 Å². The number of nitrogens with zero attached hydrogens (tertiary/aromatic N) is 2. The van der Waals surface area contributed by atoms with Gasteiger partial charge < -0.3 is 19.5 Å². The third-order valence-electron chi connectivity index (χ3n) is 5.61. The molecule has 1 aliphatic carbocycles. The largest absolute Gasteiger partial charge is 0.493 e. The van der Waals surface area contributed by atoms with Crippen LogP contribution in [0.1, 0.15) is 23.1 Å². The molecule has 2 aliphatic rings. The van der Waals surface area contributed by atoms with E-state index in [1.807, 2.05) is 12.1 Å². The van der Waals surface area contributed by atoms with Gasteiger partial charge in [-0.15, -0.1) is 0 Å². The van der Waals surface area contributed by atoms with Crippen LogP contribution in [0.4, 0.5) is 5.69 Å². The summed E-state index contributed by atoms with van der Waals surface area (Å²) in [5.41, 5.74) is 4.57. The maximum atomic E-state index is 13.1. The number of aliphatic imine (C=N–C) groups is 1. The van der Waals surface area contributed by atoms with E-state index in [4.69, 9.17) is 14.2 Å². The van der Waals surface area contributed by atoms with Crippen molar-refractivity contribution in [2.45, 2.75) is 25.7 Å². The molecule has 4 rings (SSSR count). The fourth-order valence-electron chi connectivity index (χ4n) is 4.16. The van der Waals surface area contributed by atoms with Crippen molar-refractivity contribution in [1.82, 2.24) is 4.90 Å². The van der Waals surface area contributed by atoms with E-state index in [0.29, 0.717) is 36.3 Å². The second kappa shape index (κ2) is 8.65. The van der Waals surface area contributed by atoms with Crippen LogP contribution in [0.15, 0.2) is 35.3 Å². The Morgan fingerprint density at radius 1 is 1.10 bits per heavy atom. The molecule has 1 N–H and O–H groups in total. The number of hydrogen-bond donors (Lipinski definition) is 1. The number of anilines is 1. The number of nitrogens with one attached hydrogen (secondary N) is 1. The maximum absolute atomic E-state index is 13.1. The van der Waals surface area contributed by atoms with E-state index in [0.717, 1.165) is 24.1 Å². The summed E-state index contributed by atoms with van der Waals surface area (Å²) in [6.45, 7) is 1.17. The summed E-state index contributed by atoms with van der Waals surface area (Å²) >= 11 is 0. The number of benzene rings is 2. The zero-order valence-electron chi connectivity index (χ0n) is 17.7. The van der Waals surface area contributed by atoms with Crippen LogP contribution in [0.25, 0.3) is 0 Å². The van der Waals surface area contributed by atoms with E-state index in [2.05, 4.69) is 28.5 Å². The first-order valence-corrected chi connectivity index (χ1v) is 10.2. The molecule has 0 saturated heterocycles. The van der Waals surface area contributed by atoms with E-state index in [1.165, 1.54) is 17.5 Å². The molecule has 7 heteroatoms. The highest BCUT2D eigenvalue weighted by atomic mass is 16.5. The minimum Gasteiger partial charge on any atom is -0.493 e. The van der Waals surface area contributed by atoms with Gasteiger partial charge in [-0.2, -0.15) is 0 Å². The van der Waals surface area contributed by atoms with Crippen molar-refractivity contribution < 1.29 is 19.0 Å². The van der Waals surface area contributed by atoms with Gasteiger partial charge in [-0.1, -0.05) is 12.1 Å². The van der Waals surface area contributed by atoms with E-state index in [1.54, 1.807) is 26.2 Å². The first kappa shape index (κ1) is 20.1. The summed E-state index contributed by atoms with van der Waals surface area (Å²) in [5, 5.41) is 3.41. The molecule has 1 heterocycles. The lowest BCUT2D eigenvalue weighted by Crippen LogP contribution is -2.39. The molecule has 7 nitrogen and oxygen atoms in total. The molecule has 0 unspecified atom stereocenters. The van der Waals surface area contributed by atoms with Crippen LogP contribution in [-0.2, 0) is 24.1 Å². The van der Waals surface area contributed by atoms with Crippen molar-refractivity contribution in [3.05, 3.63) is 47.0 Å². The number of carbonyl (C=O) groups excluding carboxylic acids is 1. The summed E-state index contributed by atoms with van der Waals surface area (Å²) in [6, 6.07) is 9.92. The highest BCUT2D eigenvalue weighted by Gasteiger charge is 2.26. The zero-order valence-corrected chi connectivity index (χ0v) is 17.7. The minimum absolute atomic E-state index is 0.0272. The molecule has 0 aromatic heterocycles. The average molecular weight is 409 g/mol. The fourth-order valence-corrected chi connectivity index (χ4v) is 4.16. The van der Waals surface area contributed by atoms with Gasteiger partial charge in [-0.3, -0.25) is 14.7 Å². The Hall–Kier alpha value is -3.22. The molecule has 0 saturated carbocycles. The van der Waals surface area contributed by atoms with Crippen LogP contribution < -0.4 is 19.5 Å². The van der Waals surface area contributed by atoms with Crippen molar-refractivity contribution in [3.8, 4) is 17.2 Å². The van der Waals surface area contributed by atoms with E-state index < -0.39 is 0 Å². The van der Waals surface area contributed by atoms with Crippen LogP contribution in [-0.4, -0.2) is 51.2 Å². The number of fused-ring (bicyclic) bond motifs is 1. The number of ether oxygens (including phenoxy) is 3. The topological polar surface area (TPSA) is 72.4 Å². The minimum atomic E-state index is -0.0272. The summed E-state index contributed by atoms with van der Waals surface area (Å²) in [6.07, 6.45) is 3.56.